The average molecular weight is 361 g/mol. The minimum atomic E-state index is 0.297. The van der Waals surface area contributed by atoms with Crippen molar-refractivity contribution in [1.82, 2.24) is 19.7 Å². The molecule has 136 valence electrons. The fourth-order valence-electron chi connectivity index (χ4n) is 3.37. The van der Waals surface area contributed by atoms with E-state index < -0.39 is 0 Å². The molecule has 1 aliphatic heterocycles. The monoisotopic (exact) mass is 360 g/mol. The molecule has 0 unspecified atom stereocenters. The van der Waals surface area contributed by atoms with Crippen LogP contribution in [-0.4, -0.2) is 45.7 Å². The summed E-state index contributed by atoms with van der Waals surface area (Å²) in [5.74, 6) is 1.02. The molecule has 0 aliphatic carbocycles. The Labute approximate surface area is 154 Å². The van der Waals surface area contributed by atoms with Crippen LogP contribution in [0.4, 0.5) is 0 Å². The Morgan fingerprint density at radius 2 is 2.12 bits per heavy atom. The van der Waals surface area contributed by atoms with Crippen LogP contribution in [-0.2, 0) is 24.4 Å². The number of thioether (sulfide) groups is 1. The standard InChI is InChI=1S/C19H28N4OS/c1-14-7-8-16(15(2)10-14)11-22(3)13-18-20-21-19(25-4)23(18)12-17-6-5-9-24-17/h7-8,10,17H,5-6,9,11-13H2,1-4H3/t17-/m1/s1. The molecule has 0 N–H and O–H groups in total. The van der Waals surface area contributed by atoms with Gasteiger partial charge in [-0.25, -0.2) is 0 Å². The van der Waals surface area contributed by atoms with Crippen LogP contribution >= 0.6 is 11.8 Å². The second kappa shape index (κ2) is 8.34. The van der Waals surface area contributed by atoms with Crippen LogP contribution in [0.15, 0.2) is 23.4 Å². The van der Waals surface area contributed by atoms with Crippen LogP contribution in [0, 0.1) is 13.8 Å². The van der Waals surface area contributed by atoms with Gasteiger partial charge < -0.3 is 9.30 Å². The predicted molar refractivity (Wildman–Crippen MR) is 102 cm³/mol. The molecule has 0 saturated carbocycles. The summed E-state index contributed by atoms with van der Waals surface area (Å²) in [6, 6.07) is 6.66. The number of ether oxygens (including phenoxy) is 1. The molecule has 1 saturated heterocycles. The molecule has 0 radical (unpaired) electrons. The topological polar surface area (TPSA) is 43.2 Å². The molecule has 1 fully saturated rings. The average Bonchev–Trinajstić information content (AvgIpc) is 3.21. The molecular weight excluding hydrogens is 332 g/mol. The van der Waals surface area contributed by atoms with Gasteiger partial charge in [0.2, 0.25) is 0 Å². The maximum Gasteiger partial charge on any atom is 0.191 e. The van der Waals surface area contributed by atoms with E-state index in [0.717, 1.165) is 50.1 Å². The Morgan fingerprint density at radius 3 is 2.80 bits per heavy atom. The highest BCUT2D eigenvalue weighted by Crippen LogP contribution is 2.21. The third-order valence-electron chi connectivity index (χ3n) is 4.74. The van der Waals surface area contributed by atoms with Crippen LogP contribution in [0.3, 0.4) is 0 Å². The molecule has 6 heteroatoms. The Balaban J connectivity index is 1.69. The van der Waals surface area contributed by atoms with Crippen molar-refractivity contribution in [2.75, 3.05) is 19.9 Å². The summed E-state index contributed by atoms with van der Waals surface area (Å²) >= 11 is 1.65. The second-order valence-electron chi connectivity index (χ2n) is 6.95. The highest BCUT2D eigenvalue weighted by atomic mass is 32.2. The first-order valence-corrected chi connectivity index (χ1v) is 10.1. The predicted octanol–water partition coefficient (Wildman–Crippen LogP) is 3.43. The van der Waals surface area contributed by atoms with E-state index in [1.165, 1.54) is 16.7 Å². The van der Waals surface area contributed by atoms with E-state index in [2.05, 4.69) is 65.0 Å². The van der Waals surface area contributed by atoms with E-state index in [9.17, 15) is 0 Å². The lowest BCUT2D eigenvalue weighted by Crippen LogP contribution is -2.23. The molecule has 2 heterocycles. The van der Waals surface area contributed by atoms with Crippen molar-refractivity contribution in [2.45, 2.75) is 57.6 Å². The number of hydrogen-bond donors (Lipinski definition) is 0. The molecule has 0 amide bonds. The third-order valence-corrected chi connectivity index (χ3v) is 5.40. The van der Waals surface area contributed by atoms with Crippen LogP contribution < -0.4 is 0 Å². The van der Waals surface area contributed by atoms with Crippen molar-refractivity contribution in [3.8, 4) is 0 Å². The maximum atomic E-state index is 5.81. The number of hydrogen-bond acceptors (Lipinski definition) is 5. The van der Waals surface area contributed by atoms with Crippen molar-refractivity contribution < 1.29 is 4.74 Å². The first kappa shape index (κ1) is 18.4. The quantitative estimate of drug-likeness (QED) is 0.708. The van der Waals surface area contributed by atoms with Crippen molar-refractivity contribution in [3.05, 3.63) is 40.7 Å². The molecule has 2 aromatic rings. The summed E-state index contributed by atoms with van der Waals surface area (Å²) in [6.45, 7) is 7.75. The van der Waals surface area contributed by atoms with Crippen molar-refractivity contribution in [3.63, 3.8) is 0 Å². The highest BCUT2D eigenvalue weighted by molar-refractivity contribution is 7.98. The summed E-state index contributed by atoms with van der Waals surface area (Å²) in [4.78, 5) is 2.30. The van der Waals surface area contributed by atoms with Gasteiger partial charge >= 0.3 is 0 Å². The van der Waals surface area contributed by atoms with Gasteiger partial charge in [-0.15, -0.1) is 10.2 Å². The molecule has 1 aliphatic rings. The third kappa shape index (κ3) is 4.63. The number of nitrogens with zero attached hydrogens (tertiary/aromatic N) is 4. The summed E-state index contributed by atoms with van der Waals surface area (Å²) in [5.41, 5.74) is 4.02. The van der Waals surface area contributed by atoms with Crippen LogP contribution in [0.25, 0.3) is 0 Å². The van der Waals surface area contributed by atoms with E-state index in [4.69, 9.17) is 4.74 Å². The summed E-state index contributed by atoms with van der Waals surface area (Å²) in [7, 11) is 2.14. The zero-order valence-electron chi connectivity index (χ0n) is 15.7. The molecule has 1 aromatic heterocycles. The van der Waals surface area contributed by atoms with Gasteiger partial charge in [0, 0.05) is 13.2 Å². The first-order valence-electron chi connectivity index (χ1n) is 8.89. The van der Waals surface area contributed by atoms with E-state index in [-0.39, 0.29) is 0 Å². The smallest absolute Gasteiger partial charge is 0.191 e. The Bertz CT molecular complexity index is 709. The van der Waals surface area contributed by atoms with Gasteiger partial charge in [0.05, 0.1) is 19.2 Å². The lowest BCUT2D eigenvalue weighted by molar-refractivity contribution is 0.0934. The Morgan fingerprint density at radius 1 is 1.28 bits per heavy atom. The van der Waals surface area contributed by atoms with Crippen LogP contribution in [0.2, 0.25) is 0 Å². The molecule has 25 heavy (non-hydrogen) atoms. The van der Waals surface area contributed by atoms with Crippen LogP contribution in [0.5, 0.6) is 0 Å². The van der Waals surface area contributed by atoms with Gasteiger partial charge in [-0.1, -0.05) is 35.5 Å². The van der Waals surface area contributed by atoms with Crippen molar-refractivity contribution >= 4 is 11.8 Å². The Hall–Kier alpha value is -1.37. The fraction of sp³-hybridized carbons (Fsp3) is 0.579. The minimum Gasteiger partial charge on any atom is -0.376 e. The van der Waals surface area contributed by atoms with Gasteiger partial charge in [-0.2, -0.15) is 0 Å². The van der Waals surface area contributed by atoms with Gasteiger partial charge in [0.1, 0.15) is 5.82 Å². The molecule has 1 aromatic carbocycles. The molecule has 5 nitrogen and oxygen atoms in total. The van der Waals surface area contributed by atoms with Crippen molar-refractivity contribution in [1.29, 1.82) is 0 Å². The zero-order valence-corrected chi connectivity index (χ0v) is 16.5. The molecule has 1 atom stereocenters. The summed E-state index contributed by atoms with van der Waals surface area (Å²) in [6.07, 6.45) is 4.64. The lowest BCUT2D eigenvalue weighted by Gasteiger charge is -2.20. The highest BCUT2D eigenvalue weighted by Gasteiger charge is 2.21. The first-order chi connectivity index (χ1) is 12.1. The van der Waals surface area contributed by atoms with Gasteiger partial charge in [0.25, 0.3) is 0 Å². The molecule has 3 rings (SSSR count). The molecule has 0 bridgehead atoms. The number of benzene rings is 1. The molecular formula is C19H28N4OS. The van der Waals surface area contributed by atoms with Crippen LogP contribution in [0.1, 0.15) is 35.4 Å². The fourth-order valence-corrected chi connectivity index (χ4v) is 3.90. The minimum absolute atomic E-state index is 0.297. The van der Waals surface area contributed by atoms with Gasteiger partial charge in [-0.05, 0) is 51.1 Å². The van der Waals surface area contributed by atoms with E-state index >= 15 is 0 Å². The number of aromatic nitrogens is 3. The second-order valence-corrected chi connectivity index (χ2v) is 7.72. The van der Waals surface area contributed by atoms with E-state index in [0.29, 0.717) is 6.10 Å². The van der Waals surface area contributed by atoms with E-state index in [1.807, 2.05) is 0 Å². The Kier molecular flexibility index (Phi) is 6.15. The molecule has 0 spiro atoms. The van der Waals surface area contributed by atoms with Crippen molar-refractivity contribution in [2.24, 2.45) is 0 Å². The van der Waals surface area contributed by atoms with E-state index in [1.54, 1.807) is 11.8 Å². The summed E-state index contributed by atoms with van der Waals surface area (Å²) < 4.78 is 8.04. The largest absolute Gasteiger partial charge is 0.376 e. The lowest BCUT2D eigenvalue weighted by atomic mass is 10.1. The van der Waals surface area contributed by atoms with Gasteiger partial charge in [0.15, 0.2) is 5.16 Å². The SMILES string of the molecule is CSc1nnc(CN(C)Cc2ccc(C)cc2C)n1C[C@H]1CCCO1. The number of rotatable bonds is 7. The maximum absolute atomic E-state index is 5.81. The normalized spacial score (nSPS) is 17.6. The summed E-state index contributed by atoms with van der Waals surface area (Å²) in [5, 5.41) is 9.78. The van der Waals surface area contributed by atoms with Gasteiger partial charge in [-0.3, -0.25) is 4.90 Å². The zero-order chi connectivity index (χ0) is 17.8. The number of aryl methyl sites for hydroxylation is 2.